The van der Waals surface area contributed by atoms with Crippen LogP contribution in [0.3, 0.4) is 0 Å². The molecule has 3 atom stereocenters. The zero-order chi connectivity index (χ0) is 13.6. The van der Waals surface area contributed by atoms with E-state index < -0.39 is 0 Å². The monoisotopic (exact) mass is 238 g/mol. The molecule has 0 aromatic heterocycles. The first kappa shape index (κ1) is 15.1. The van der Waals surface area contributed by atoms with E-state index in [9.17, 15) is 0 Å². The summed E-state index contributed by atoms with van der Waals surface area (Å²) < 4.78 is 0. The Hall–Kier alpha value is 0. The Morgan fingerprint density at radius 1 is 0.824 bits per heavy atom. The molecule has 0 saturated heterocycles. The third-order valence-electron chi connectivity index (χ3n) is 4.81. The molecular formula is C17H34. The zero-order valence-electron chi connectivity index (χ0n) is 13.6. The summed E-state index contributed by atoms with van der Waals surface area (Å²) >= 11 is 0. The Balaban J connectivity index is 3.09. The van der Waals surface area contributed by atoms with Crippen LogP contribution in [-0.2, 0) is 0 Å². The average molecular weight is 238 g/mol. The lowest BCUT2D eigenvalue weighted by molar-refractivity contribution is -0.0506. The van der Waals surface area contributed by atoms with Gasteiger partial charge >= 0.3 is 0 Å². The van der Waals surface area contributed by atoms with Gasteiger partial charge in [-0.25, -0.2) is 0 Å². The van der Waals surface area contributed by atoms with Gasteiger partial charge in [-0.1, -0.05) is 62.3 Å². The fraction of sp³-hybridized carbons (Fsp3) is 1.00. The molecule has 0 heteroatoms. The average Bonchev–Trinajstić information content (AvgIpc) is 1.95. The highest BCUT2D eigenvalue weighted by Gasteiger charge is 2.48. The van der Waals surface area contributed by atoms with E-state index in [4.69, 9.17) is 0 Å². The lowest BCUT2D eigenvalue weighted by Crippen LogP contribution is -2.46. The lowest BCUT2D eigenvalue weighted by atomic mass is 9.51. The molecule has 1 aliphatic rings. The van der Waals surface area contributed by atoms with Crippen LogP contribution >= 0.6 is 0 Å². The largest absolute Gasteiger partial charge is 0.0622 e. The molecule has 3 unspecified atom stereocenters. The van der Waals surface area contributed by atoms with Crippen molar-refractivity contribution in [2.75, 3.05) is 0 Å². The molecular weight excluding hydrogens is 204 g/mol. The van der Waals surface area contributed by atoms with E-state index in [-0.39, 0.29) is 0 Å². The summed E-state index contributed by atoms with van der Waals surface area (Å²) in [4.78, 5) is 0. The smallest absolute Gasteiger partial charge is 0.0306 e. The molecule has 0 aromatic rings. The molecule has 102 valence electrons. The molecule has 1 fully saturated rings. The third kappa shape index (κ3) is 3.48. The molecule has 0 nitrogen and oxygen atoms in total. The Bertz CT molecular complexity index is 259. The van der Waals surface area contributed by atoms with Gasteiger partial charge in [0.15, 0.2) is 0 Å². The first-order valence-electron chi connectivity index (χ1n) is 7.34. The Morgan fingerprint density at radius 2 is 1.29 bits per heavy atom. The number of hydrogen-bond donors (Lipinski definition) is 0. The van der Waals surface area contributed by atoms with Crippen LogP contribution < -0.4 is 0 Å². The summed E-state index contributed by atoms with van der Waals surface area (Å²) in [6.45, 7) is 22.0. The van der Waals surface area contributed by atoms with Gasteiger partial charge in [0.2, 0.25) is 0 Å². The Labute approximate surface area is 110 Å². The van der Waals surface area contributed by atoms with Crippen LogP contribution in [0.15, 0.2) is 0 Å². The van der Waals surface area contributed by atoms with Crippen molar-refractivity contribution in [1.82, 2.24) is 0 Å². The first-order chi connectivity index (χ1) is 7.34. The summed E-state index contributed by atoms with van der Waals surface area (Å²) in [5, 5.41) is 0. The van der Waals surface area contributed by atoms with Crippen LogP contribution in [0.25, 0.3) is 0 Å². The van der Waals surface area contributed by atoms with Crippen molar-refractivity contribution in [1.29, 1.82) is 0 Å². The van der Waals surface area contributed by atoms with E-state index >= 15 is 0 Å². The van der Waals surface area contributed by atoms with E-state index in [0.29, 0.717) is 16.2 Å². The van der Waals surface area contributed by atoms with E-state index in [1.807, 2.05) is 0 Å². The highest BCUT2D eigenvalue weighted by molar-refractivity contribution is 4.97. The molecule has 0 spiro atoms. The summed E-state index contributed by atoms with van der Waals surface area (Å²) in [7, 11) is 0. The van der Waals surface area contributed by atoms with E-state index in [1.54, 1.807) is 0 Å². The zero-order valence-corrected chi connectivity index (χ0v) is 13.6. The SMILES string of the molecule is CC1CC(C)(C)CC(C(C)(C)C)C1C(C)(C)C. The van der Waals surface area contributed by atoms with Crippen molar-refractivity contribution in [3.8, 4) is 0 Å². The molecule has 0 bridgehead atoms. The van der Waals surface area contributed by atoms with Gasteiger partial charge in [-0.05, 0) is 46.8 Å². The second-order valence-corrected chi connectivity index (χ2v) is 9.41. The van der Waals surface area contributed by atoms with Gasteiger partial charge in [0.25, 0.3) is 0 Å². The summed E-state index contributed by atoms with van der Waals surface area (Å²) in [6.07, 6.45) is 2.78. The normalized spacial score (nSPS) is 34.8. The van der Waals surface area contributed by atoms with Crippen LogP contribution in [-0.4, -0.2) is 0 Å². The second kappa shape index (κ2) is 4.28. The predicted molar refractivity (Wildman–Crippen MR) is 78.1 cm³/mol. The van der Waals surface area contributed by atoms with Crippen LogP contribution in [0.2, 0.25) is 0 Å². The Morgan fingerprint density at radius 3 is 1.65 bits per heavy atom. The van der Waals surface area contributed by atoms with E-state index in [2.05, 4.69) is 62.3 Å². The maximum absolute atomic E-state index is 2.48. The van der Waals surface area contributed by atoms with Crippen molar-refractivity contribution >= 4 is 0 Å². The van der Waals surface area contributed by atoms with Gasteiger partial charge in [-0.15, -0.1) is 0 Å². The minimum absolute atomic E-state index is 0.434. The fourth-order valence-corrected chi connectivity index (χ4v) is 4.50. The summed E-state index contributed by atoms with van der Waals surface area (Å²) in [6, 6.07) is 0. The minimum atomic E-state index is 0.434. The third-order valence-corrected chi connectivity index (χ3v) is 4.81. The quantitative estimate of drug-likeness (QED) is 0.503. The van der Waals surface area contributed by atoms with Crippen molar-refractivity contribution in [3.63, 3.8) is 0 Å². The highest BCUT2D eigenvalue weighted by atomic mass is 14.5. The first-order valence-corrected chi connectivity index (χ1v) is 7.34. The maximum atomic E-state index is 2.48. The fourth-order valence-electron chi connectivity index (χ4n) is 4.50. The standard InChI is InChI=1S/C17H34/c1-12-10-17(8,9)11-13(15(2,3)4)14(12)16(5,6)7/h12-14H,10-11H2,1-9H3. The number of hydrogen-bond acceptors (Lipinski definition) is 0. The van der Waals surface area contributed by atoms with Gasteiger partial charge in [-0.3, -0.25) is 0 Å². The van der Waals surface area contributed by atoms with Crippen LogP contribution in [0.5, 0.6) is 0 Å². The van der Waals surface area contributed by atoms with E-state index in [0.717, 1.165) is 17.8 Å². The van der Waals surface area contributed by atoms with E-state index in [1.165, 1.54) is 12.8 Å². The van der Waals surface area contributed by atoms with Crippen molar-refractivity contribution < 1.29 is 0 Å². The van der Waals surface area contributed by atoms with Crippen molar-refractivity contribution in [2.45, 2.75) is 75.2 Å². The molecule has 17 heavy (non-hydrogen) atoms. The molecule has 0 aliphatic heterocycles. The van der Waals surface area contributed by atoms with Gasteiger partial charge in [0.1, 0.15) is 0 Å². The second-order valence-electron chi connectivity index (χ2n) is 9.41. The van der Waals surface area contributed by atoms with Crippen LogP contribution in [0.4, 0.5) is 0 Å². The van der Waals surface area contributed by atoms with Gasteiger partial charge in [0.05, 0.1) is 0 Å². The molecule has 1 aliphatic carbocycles. The molecule has 0 N–H and O–H groups in total. The van der Waals surface area contributed by atoms with Crippen LogP contribution in [0.1, 0.15) is 75.2 Å². The summed E-state index contributed by atoms with van der Waals surface area (Å²) in [5.41, 5.74) is 1.40. The van der Waals surface area contributed by atoms with Crippen LogP contribution in [0, 0.1) is 34.0 Å². The predicted octanol–water partition coefficient (Wildman–Crippen LogP) is 5.77. The summed E-state index contributed by atoms with van der Waals surface area (Å²) in [5.74, 6) is 2.56. The molecule has 0 aromatic carbocycles. The Kier molecular flexibility index (Phi) is 3.79. The highest BCUT2D eigenvalue weighted by Crippen LogP contribution is 2.56. The van der Waals surface area contributed by atoms with Gasteiger partial charge in [0, 0.05) is 0 Å². The maximum Gasteiger partial charge on any atom is -0.0306 e. The van der Waals surface area contributed by atoms with Gasteiger partial charge in [-0.2, -0.15) is 0 Å². The molecule has 1 rings (SSSR count). The van der Waals surface area contributed by atoms with Crippen molar-refractivity contribution in [3.05, 3.63) is 0 Å². The molecule has 0 radical (unpaired) electrons. The van der Waals surface area contributed by atoms with Gasteiger partial charge < -0.3 is 0 Å². The molecule has 0 amide bonds. The number of rotatable bonds is 0. The molecule has 0 heterocycles. The van der Waals surface area contributed by atoms with Crippen molar-refractivity contribution in [2.24, 2.45) is 34.0 Å². The lowest BCUT2D eigenvalue weighted by Gasteiger charge is -2.54. The molecule has 1 saturated carbocycles. The topological polar surface area (TPSA) is 0 Å². The minimum Gasteiger partial charge on any atom is -0.0622 e.